The molecule has 23 heavy (non-hydrogen) atoms. The highest BCUT2D eigenvalue weighted by Gasteiger charge is 2.30. The minimum atomic E-state index is 0. The lowest BCUT2D eigenvalue weighted by Gasteiger charge is -2.35. The van der Waals surface area contributed by atoms with E-state index in [1.54, 1.807) is 0 Å². The molecule has 1 aliphatic carbocycles. The van der Waals surface area contributed by atoms with Gasteiger partial charge in [0.05, 0.1) is 0 Å². The Balaban J connectivity index is 0.000000960. The largest absolute Gasteiger partial charge is 0.314 e. The lowest BCUT2D eigenvalue weighted by Crippen LogP contribution is -2.45. The summed E-state index contributed by atoms with van der Waals surface area (Å²) in [5.74, 6) is 0.969. The van der Waals surface area contributed by atoms with Gasteiger partial charge in [-0.2, -0.15) is 0 Å². The number of nitrogens with one attached hydrogen (secondary N) is 1. The Morgan fingerprint density at radius 1 is 0.957 bits per heavy atom. The van der Waals surface area contributed by atoms with Crippen LogP contribution in [0.3, 0.4) is 0 Å². The van der Waals surface area contributed by atoms with E-state index in [1.807, 2.05) is 0 Å². The minimum absolute atomic E-state index is 0. The van der Waals surface area contributed by atoms with Gasteiger partial charge in [-0.1, -0.05) is 49.2 Å². The quantitative estimate of drug-likeness (QED) is 0.875. The fourth-order valence-corrected chi connectivity index (χ4v) is 3.57. The van der Waals surface area contributed by atoms with E-state index in [1.165, 1.54) is 48.7 Å². The number of fused-ring (bicyclic) bond motifs is 1. The number of hydrogen-bond acceptors (Lipinski definition) is 2. The molecule has 2 fully saturated rings. The molecule has 1 saturated carbocycles. The highest BCUT2D eigenvalue weighted by Crippen LogP contribution is 2.40. The second kappa shape index (κ2) is 8.34. The lowest BCUT2D eigenvalue weighted by atomic mass is 9.96. The molecule has 1 aliphatic heterocycles. The van der Waals surface area contributed by atoms with Crippen LogP contribution in [0.25, 0.3) is 10.8 Å². The highest BCUT2D eigenvalue weighted by molar-refractivity contribution is 5.85. The minimum Gasteiger partial charge on any atom is -0.314 e. The molecular formula is C19H26Cl2N2. The molecule has 0 spiro atoms. The maximum Gasteiger partial charge on any atom is 0.0352 e. The van der Waals surface area contributed by atoms with Crippen molar-refractivity contribution >= 4 is 35.6 Å². The predicted molar refractivity (Wildman–Crippen MR) is 103 cm³/mol. The van der Waals surface area contributed by atoms with E-state index in [0.29, 0.717) is 6.04 Å². The number of piperazine rings is 1. The van der Waals surface area contributed by atoms with E-state index >= 15 is 0 Å². The highest BCUT2D eigenvalue weighted by atomic mass is 35.5. The fourth-order valence-electron chi connectivity index (χ4n) is 3.57. The molecular weight excluding hydrogens is 327 g/mol. The Labute approximate surface area is 151 Å². The van der Waals surface area contributed by atoms with Crippen LogP contribution in [-0.2, 0) is 0 Å². The van der Waals surface area contributed by atoms with E-state index < -0.39 is 0 Å². The Hall–Kier alpha value is -0.800. The maximum absolute atomic E-state index is 3.48. The molecule has 1 heterocycles. The third-order valence-electron chi connectivity index (χ3n) is 5.00. The molecule has 1 N–H and O–H groups in total. The first kappa shape index (κ1) is 18.5. The molecule has 4 heteroatoms. The normalized spacial score (nSPS) is 19.7. The average molecular weight is 353 g/mol. The molecule has 1 atom stereocenters. The van der Waals surface area contributed by atoms with Crippen LogP contribution in [0.1, 0.15) is 30.9 Å². The molecule has 2 aromatic carbocycles. The number of rotatable bonds is 4. The summed E-state index contributed by atoms with van der Waals surface area (Å²) in [6.07, 6.45) is 4.23. The fraction of sp³-hybridized carbons (Fsp3) is 0.474. The zero-order valence-electron chi connectivity index (χ0n) is 13.4. The molecule has 1 saturated heterocycles. The van der Waals surface area contributed by atoms with Gasteiger partial charge in [0.2, 0.25) is 0 Å². The zero-order valence-corrected chi connectivity index (χ0v) is 15.0. The zero-order chi connectivity index (χ0) is 14.1. The van der Waals surface area contributed by atoms with Crippen molar-refractivity contribution in [2.75, 3.05) is 26.2 Å². The summed E-state index contributed by atoms with van der Waals surface area (Å²) in [5.41, 5.74) is 1.52. The second-order valence-electron chi connectivity index (χ2n) is 6.59. The van der Waals surface area contributed by atoms with Crippen LogP contribution < -0.4 is 5.32 Å². The van der Waals surface area contributed by atoms with Crippen molar-refractivity contribution in [3.8, 4) is 0 Å². The summed E-state index contributed by atoms with van der Waals surface area (Å²) in [5, 5.41) is 6.21. The van der Waals surface area contributed by atoms with Crippen molar-refractivity contribution in [1.29, 1.82) is 0 Å². The first-order valence-corrected chi connectivity index (χ1v) is 8.33. The Morgan fingerprint density at radius 3 is 2.35 bits per heavy atom. The van der Waals surface area contributed by atoms with Crippen LogP contribution in [0.4, 0.5) is 0 Å². The third-order valence-corrected chi connectivity index (χ3v) is 5.00. The molecule has 0 radical (unpaired) electrons. The molecule has 2 nitrogen and oxygen atoms in total. The van der Waals surface area contributed by atoms with Gasteiger partial charge in [0, 0.05) is 32.2 Å². The van der Waals surface area contributed by atoms with Crippen LogP contribution in [0, 0.1) is 5.92 Å². The number of nitrogens with zero attached hydrogens (tertiary/aromatic N) is 1. The average Bonchev–Trinajstić information content (AvgIpc) is 3.37. The Morgan fingerprint density at radius 2 is 1.65 bits per heavy atom. The van der Waals surface area contributed by atoms with Crippen molar-refractivity contribution < 1.29 is 0 Å². The molecule has 4 rings (SSSR count). The van der Waals surface area contributed by atoms with Crippen molar-refractivity contribution in [2.45, 2.75) is 25.3 Å². The monoisotopic (exact) mass is 352 g/mol. The van der Waals surface area contributed by atoms with Crippen molar-refractivity contribution in [2.24, 2.45) is 5.92 Å². The first-order valence-electron chi connectivity index (χ1n) is 8.33. The summed E-state index contributed by atoms with van der Waals surface area (Å²) in [7, 11) is 0. The van der Waals surface area contributed by atoms with Gasteiger partial charge in [0.25, 0.3) is 0 Å². The van der Waals surface area contributed by atoms with E-state index in [0.717, 1.165) is 19.0 Å². The third kappa shape index (κ3) is 4.39. The van der Waals surface area contributed by atoms with Gasteiger partial charge in [-0.25, -0.2) is 0 Å². The van der Waals surface area contributed by atoms with Gasteiger partial charge in [-0.05, 0) is 34.7 Å². The first-order chi connectivity index (χ1) is 10.4. The molecule has 0 unspecified atom stereocenters. The summed E-state index contributed by atoms with van der Waals surface area (Å²) >= 11 is 0. The standard InChI is InChI=1S/C19H24N2.2ClH/c1-2-4-17-14-18(8-7-16(17)3-1)19(13-15-5-6-15)21-11-9-20-10-12-21;;/h1-4,7-8,14-15,19-20H,5-6,9-13H2;2*1H/t19-;;/m1../s1. The summed E-state index contributed by atoms with van der Waals surface area (Å²) < 4.78 is 0. The summed E-state index contributed by atoms with van der Waals surface area (Å²) in [6, 6.07) is 16.4. The van der Waals surface area contributed by atoms with Crippen molar-refractivity contribution in [3.63, 3.8) is 0 Å². The topological polar surface area (TPSA) is 15.3 Å². The molecule has 126 valence electrons. The van der Waals surface area contributed by atoms with Crippen molar-refractivity contribution in [1.82, 2.24) is 10.2 Å². The Bertz CT molecular complexity index is 622. The maximum atomic E-state index is 3.48. The number of benzene rings is 2. The van der Waals surface area contributed by atoms with Crippen molar-refractivity contribution in [3.05, 3.63) is 48.0 Å². The second-order valence-corrected chi connectivity index (χ2v) is 6.59. The van der Waals surface area contributed by atoms with E-state index in [-0.39, 0.29) is 24.8 Å². The predicted octanol–water partition coefficient (Wildman–Crippen LogP) is 4.43. The molecule has 0 amide bonds. The molecule has 2 aromatic rings. The van der Waals surface area contributed by atoms with Gasteiger partial charge in [0.1, 0.15) is 0 Å². The van der Waals surface area contributed by atoms with Gasteiger partial charge in [-0.15, -0.1) is 24.8 Å². The summed E-state index contributed by atoms with van der Waals surface area (Å²) in [6.45, 7) is 4.64. The van der Waals surface area contributed by atoms with Gasteiger partial charge in [0.15, 0.2) is 0 Å². The van der Waals surface area contributed by atoms with Crippen LogP contribution in [0.5, 0.6) is 0 Å². The van der Waals surface area contributed by atoms with Crippen LogP contribution in [0.15, 0.2) is 42.5 Å². The van der Waals surface area contributed by atoms with E-state index in [9.17, 15) is 0 Å². The van der Waals surface area contributed by atoms with Crippen LogP contribution in [0.2, 0.25) is 0 Å². The number of hydrogen-bond donors (Lipinski definition) is 1. The van der Waals surface area contributed by atoms with Crippen LogP contribution in [-0.4, -0.2) is 31.1 Å². The lowest BCUT2D eigenvalue weighted by molar-refractivity contribution is 0.160. The van der Waals surface area contributed by atoms with E-state index in [4.69, 9.17) is 0 Å². The SMILES string of the molecule is Cl.Cl.c1ccc2cc([C@@H](CC3CC3)N3CCNCC3)ccc2c1. The van der Waals surface area contributed by atoms with Gasteiger partial charge < -0.3 is 5.32 Å². The number of halogens is 2. The van der Waals surface area contributed by atoms with Crippen LogP contribution >= 0.6 is 24.8 Å². The smallest absolute Gasteiger partial charge is 0.0352 e. The Kier molecular flexibility index (Phi) is 6.72. The van der Waals surface area contributed by atoms with E-state index in [2.05, 4.69) is 52.7 Å². The van der Waals surface area contributed by atoms with Gasteiger partial charge in [-0.3, -0.25) is 4.90 Å². The van der Waals surface area contributed by atoms with Gasteiger partial charge >= 0.3 is 0 Å². The molecule has 2 aliphatic rings. The molecule has 0 aromatic heterocycles. The summed E-state index contributed by atoms with van der Waals surface area (Å²) in [4.78, 5) is 2.69. The molecule has 0 bridgehead atoms.